The summed E-state index contributed by atoms with van der Waals surface area (Å²) in [7, 11) is 0. The van der Waals surface area contributed by atoms with Gasteiger partial charge in [0, 0.05) is 18.3 Å². The highest BCUT2D eigenvalue weighted by Crippen LogP contribution is 2.32. The van der Waals surface area contributed by atoms with E-state index >= 15 is 0 Å². The van der Waals surface area contributed by atoms with E-state index in [4.69, 9.17) is 0 Å². The SMILES string of the molecule is O=C1N[C@@H](c2ccccc2)CNC2=C1CN(O)c1ncccc12. The van der Waals surface area contributed by atoms with E-state index in [9.17, 15) is 10.0 Å². The first-order valence-electron chi connectivity index (χ1n) is 7.48. The smallest absolute Gasteiger partial charge is 0.251 e. The van der Waals surface area contributed by atoms with Crippen LogP contribution >= 0.6 is 0 Å². The van der Waals surface area contributed by atoms with Gasteiger partial charge >= 0.3 is 0 Å². The number of hydrogen-bond donors (Lipinski definition) is 3. The second kappa shape index (κ2) is 5.40. The molecule has 4 rings (SSSR count). The summed E-state index contributed by atoms with van der Waals surface area (Å²) in [5.74, 6) is 0.289. The molecule has 0 spiro atoms. The number of carbonyl (C=O) groups excluding carboxylic acids is 1. The minimum absolute atomic E-state index is 0.111. The molecule has 2 aliphatic heterocycles. The van der Waals surface area contributed by atoms with E-state index in [1.165, 1.54) is 0 Å². The molecule has 1 atom stereocenters. The van der Waals surface area contributed by atoms with Crippen LogP contribution in [0.3, 0.4) is 0 Å². The first-order valence-corrected chi connectivity index (χ1v) is 7.48. The second-order valence-corrected chi connectivity index (χ2v) is 5.60. The number of hydroxylamine groups is 1. The molecule has 0 saturated carbocycles. The van der Waals surface area contributed by atoms with E-state index in [2.05, 4.69) is 15.6 Å². The third-order valence-corrected chi connectivity index (χ3v) is 4.17. The highest BCUT2D eigenvalue weighted by molar-refractivity contribution is 6.04. The van der Waals surface area contributed by atoms with Gasteiger partial charge in [-0.3, -0.25) is 10.0 Å². The minimum atomic E-state index is -0.174. The molecule has 0 saturated heterocycles. The summed E-state index contributed by atoms with van der Waals surface area (Å²) < 4.78 is 0. The maximum atomic E-state index is 12.6. The third-order valence-electron chi connectivity index (χ3n) is 4.17. The van der Waals surface area contributed by atoms with Gasteiger partial charge in [-0.05, 0) is 17.7 Å². The molecule has 3 heterocycles. The highest BCUT2D eigenvalue weighted by Gasteiger charge is 2.32. The number of fused-ring (bicyclic) bond motifs is 2. The fourth-order valence-corrected chi connectivity index (χ4v) is 3.04. The Morgan fingerprint density at radius 2 is 2.00 bits per heavy atom. The molecule has 0 aliphatic carbocycles. The average Bonchev–Trinajstić information content (AvgIpc) is 2.76. The van der Waals surface area contributed by atoms with Crippen LogP contribution in [0.15, 0.2) is 54.2 Å². The van der Waals surface area contributed by atoms with Crippen molar-refractivity contribution >= 4 is 17.4 Å². The maximum absolute atomic E-state index is 12.6. The van der Waals surface area contributed by atoms with Crippen molar-refractivity contribution < 1.29 is 10.0 Å². The number of hydrogen-bond acceptors (Lipinski definition) is 5. The number of aromatic nitrogens is 1. The summed E-state index contributed by atoms with van der Waals surface area (Å²) in [6, 6.07) is 13.4. The molecule has 23 heavy (non-hydrogen) atoms. The number of nitrogens with one attached hydrogen (secondary N) is 2. The van der Waals surface area contributed by atoms with Crippen molar-refractivity contribution in [1.82, 2.24) is 15.6 Å². The van der Waals surface area contributed by atoms with Gasteiger partial charge in [0.05, 0.1) is 23.9 Å². The molecule has 0 radical (unpaired) electrons. The molecular weight excluding hydrogens is 292 g/mol. The molecule has 1 amide bonds. The van der Waals surface area contributed by atoms with E-state index in [0.29, 0.717) is 17.9 Å². The molecule has 6 nitrogen and oxygen atoms in total. The van der Waals surface area contributed by atoms with E-state index < -0.39 is 0 Å². The molecule has 1 aromatic heterocycles. The Morgan fingerprint density at radius 1 is 1.17 bits per heavy atom. The van der Waals surface area contributed by atoms with Gasteiger partial charge in [0.15, 0.2) is 5.82 Å². The number of benzene rings is 1. The molecule has 2 aromatic rings. The summed E-state index contributed by atoms with van der Waals surface area (Å²) in [6.45, 7) is 0.689. The Labute approximate surface area is 133 Å². The maximum Gasteiger partial charge on any atom is 0.251 e. The minimum Gasteiger partial charge on any atom is -0.382 e. The highest BCUT2D eigenvalue weighted by atomic mass is 16.5. The molecule has 6 heteroatoms. The zero-order chi connectivity index (χ0) is 15.8. The number of amides is 1. The molecule has 2 aliphatic rings. The van der Waals surface area contributed by atoms with Crippen LogP contribution in [-0.4, -0.2) is 29.2 Å². The zero-order valence-corrected chi connectivity index (χ0v) is 12.4. The van der Waals surface area contributed by atoms with Gasteiger partial charge in [0.1, 0.15) is 0 Å². The fraction of sp³-hybridized carbons (Fsp3) is 0.176. The average molecular weight is 308 g/mol. The lowest BCUT2D eigenvalue weighted by Gasteiger charge is -2.27. The van der Waals surface area contributed by atoms with Gasteiger partial charge in [0.2, 0.25) is 0 Å². The molecule has 0 fully saturated rings. The van der Waals surface area contributed by atoms with E-state index in [1.807, 2.05) is 36.4 Å². The largest absolute Gasteiger partial charge is 0.382 e. The predicted octanol–water partition coefficient (Wildman–Crippen LogP) is 1.46. The van der Waals surface area contributed by atoms with Gasteiger partial charge in [-0.2, -0.15) is 0 Å². The summed E-state index contributed by atoms with van der Waals surface area (Å²) >= 11 is 0. The quantitative estimate of drug-likeness (QED) is 0.743. The summed E-state index contributed by atoms with van der Waals surface area (Å²) in [4.78, 5) is 16.8. The standard InChI is InChI=1S/C17H16N4O2/c22-17-13-10-21(23)16-12(7-4-8-18-16)15(13)19-9-14(20-17)11-5-2-1-3-6-11/h1-8,14,19,23H,9-10H2,(H,20,22)/t14-/m1/s1. The van der Waals surface area contributed by atoms with Crippen LogP contribution in [0.25, 0.3) is 5.70 Å². The topological polar surface area (TPSA) is 77.5 Å². The number of carbonyl (C=O) groups is 1. The Balaban J connectivity index is 1.72. The first-order chi connectivity index (χ1) is 11.2. The lowest BCUT2D eigenvalue weighted by molar-refractivity contribution is -0.118. The van der Waals surface area contributed by atoms with Crippen LogP contribution in [0.4, 0.5) is 5.82 Å². The monoisotopic (exact) mass is 308 g/mol. The van der Waals surface area contributed by atoms with Crippen molar-refractivity contribution in [1.29, 1.82) is 0 Å². The summed E-state index contributed by atoms with van der Waals surface area (Å²) in [5.41, 5.74) is 3.04. The first kappa shape index (κ1) is 13.8. The van der Waals surface area contributed by atoms with Crippen molar-refractivity contribution in [3.63, 3.8) is 0 Å². The lowest BCUT2D eigenvalue weighted by atomic mass is 10.0. The molecule has 3 N–H and O–H groups in total. The van der Waals surface area contributed by atoms with Gasteiger partial charge in [-0.25, -0.2) is 10.0 Å². The second-order valence-electron chi connectivity index (χ2n) is 5.60. The van der Waals surface area contributed by atoms with Crippen LogP contribution in [0.1, 0.15) is 17.2 Å². The number of rotatable bonds is 1. The molecule has 116 valence electrons. The lowest BCUT2D eigenvalue weighted by Crippen LogP contribution is -2.35. The number of nitrogens with zero attached hydrogens (tertiary/aromatic N) is 2. The van der Waals surface area contributed by atoms with Gasteiger partial charge in [-0.1, -0.05) is 30.3 Å². The van der Waals surface area contributed by atoms with Gasteiger partial charge in [-0.15, -0.1) is 0 Å². The summed E-state index contributed by atoms with van der Waals surface area (Å²) in [5, 5.41) is 17.5. The van der Waals surface area contributed by atoms with Crippen molar-refractivity contribution in [2.45, 2.75) is 6.04 Å². The third kappa shape index (κ3) is 2.33. The van der Waals surface area contributed by atoms with Crippen LogP contribution in [0.5, 0.6) is 0 Å². The molecular formula is C17H16N4O2. The molecule has 0 unspecified atom stereocenters. The predicted molar refractivity (Wildman–Crippen MR) is 85.6 cm³/mol. The summed E-state index contributed by atoms with van der Waals surface area (Å²) in [6.07, 6.45) is 1.62. The number of anilines is 1. The van der Waals surface area contributed by atoms with Gasteiger partial charge < -0.3 is 10.6 Å². The van der Waals surface area contributed by atoms with E-state index in [0.717, 1.165) is 21.9 Å². The van der Waals surface area contributed by atoms with E-state index in [-0.39, 0.29) is 18.5 Å². The normalized spacial score (nSPS) is 20.1. The molecule has 0 bridgehead atoms. The van der Waals surface area contributed by atoms with Crippen molar-refractivity contribution in [2.24, 2.45) is 0 Å². The zero-order valence-electron chi connectivity index (χ0n) is 12.4. The van der Waals surface area contributed by atoms with Crippen molar-refractivity contribution in [3.05, 3.63) is 65.4 Å². The van der Waals surface area contributed by atoms with Crippen LogP contribution < -0.4 is 15.7 Å². The van der Waals surface area contributed by atoms with Gasteiger partial charge in [0.25, 0.3) is 5.91 Å². The van der Waals surface area contributed by atoms with Crippen LogP contribution in [0.2, 0.25) is 0 Å². The van der Waals surface area contributed by atoms with Crippen molar-refractivity contribution in [2.75, 3.05) is 18.2 Å². The van der Waals surface area contributed by atoms with E-state index in [1.54, 1.807) is 12.3 Å². The fourth-order valence-electron chi connectivity index (χ4n) is 3.04. The Kier molecular flexibility index (Phi) is 3.24. The van der Waals surface area contributed by atoms with Crippen LogP contribution in [0, 0.1) is 0 Å². The Morgan fingerprint density at radius 3 is 2.83 bits per heavy atom. The Hall–Kier alpha value is -2.86. The molecule has 1 aromatic carbocycles. The number of pyridine rings is 1. The van der Waals surface area contributed by atoms with Crippen molar-refractivity contribution in [3.8, 4) is 0 Å². The Bertz CT molecular complexity index is 788. The van der Waals surface area contributed by atoms with Crippen LogP contribution in [-0.2, 0) is 4.79 Å².